The normalized spacial score (nSPS) is 13.0. The van der Waals surface area contributed by atoms with Crippen LogP contribution in [0.2, 0.25) is 0 Å². The molecule has 0 aliphatic heterocycles. The molecule has 2 N–H and O–H groups in total. The average Bonchev–Trinajstić information content (AvgIpc) is 2.30. The van der Waals surface area contributed by atoms with Crippen LogP contribution < -0.4 is 10.6 Å². The molecular weight excluding hydrogens is 285 g/mol. The number of nitrogens with one attached hydrogen (secondary N) is 2. The Morgan fingerprint density at radius 3 is 2.38 bits per heavy atom. The second-order valence-electron chi connectivity index (χ2n) is 5.58. The van der Waals surface area contributed by atoms with E-state index in [9.17, 15) is 18.0 Å². The second kappa shape index (κ2) is 6.69. The Balaban J connectivity index is 2.89. The van der Waals surface area contributed by atoms with Crippen molar-refractivity contribution in [1.29, 1.82) is 0 Å². The summed E-state index contributed by atoms with van der Waals surface area (Å²) in [5.74, 6) is -0.603. The molecule has 1 rings (SSSR count). The Morgan fingerprint density at radius 2 is 1.86 bits per heavy atom. The third kappa shape index (κ3) is 5.93. The van der Waals surface area contributed by atoms with E-state index < -0.39 is 30.0 Å². The number of benzene rings is 1. The van der Waals surface area contributed by atoms with Gasteiger partial charge in [0.15, 0.2) is 0 Å². The number of halogens is 3. The third-order valence-electron chi connectivity index (χ3n) is 2.38. The summed E-state index contributed by atoms with van der Waals surface area (Å²) in [6, 6.07) is 2.24. The molecule has 7 heteroatoms. The van der Waals surface area contributed by atoms with Gasteiger partial charge in [-0.15, -0.1) is 0 Å². The van der Waals surface area contributed by atoms with Crippen molar-refractivity contribution < 1.29 is 22.7 Å². The predicted molar refractivity (Wildman–Crippen MR) is 75.3 cm³/mol. The number of anilines is 2. The molecule has 0 aliphatic carbocycles. The number of alkyl halides is 2. The van der Waals surface area contributed by atoms with E-state index in [0.29, 0.717) is 0 Å². The zero-order chi connectivity index (χ0) is 16.2. The van der Waals surface area contributed by atoms with Crippen LogP contribution in [0.4, 0.5) is 29.3 Å². The van der Waals surface area contributed by atoms with Crippen molar-refractivity contribution in [3.05, 3.63) is 24.0 Å². The molecule has 0 aliphatic rings. The standard InChI is InChI=1S/C14H19F3N2O2/c1-8(12(16)17)18-11-7-9(15)5-6-10(11)19-13(20)21-14(2,3)4/h5-8,12,18H,1-4H3,(H,19,20). The van der Waals surface area contributed by atoms with Gasteiger partial charge in [0.05, 0.1) is 17.4 Å². The van der Waals surface area contributed by atoms with Crippen molar-refractivity contribution in [2.75, 3.05) is 10.6 Å². The van der Waals surface area contributed by atoms with Crippen molar-refractivity contribution in [3.63, 3.8) is 0 Å². The monoisotopic (exact) mass is 304 g/mol. The van der Waals surface area contributed by atoms with E-state index in [4.69, 9.17) is 4.74 Å². The van der Waals surface area contributed by atoms with Crippen LogP contribution in [0.1, 0.15) is 27.7 Å². The fraction of sp³-hybridized carbons (Fsp3) is 0.500. The SMILES string of the molecule is CC(Nc1cc(F)ccc1NC(=O)OC(C)(C)C)C(F)F. The van der Waals surface area contributed by atoms with Crippen LogP contribution in [0.15, 0.2) is 18.2 Å². The smallest absolute Gasteiger partial charge is 0.412 e. The molecule has 1 atom stereocenters. The molecule has 0 saturated carbocycles. The van der Waals surface area contributed by atoms with E-state index in [2.05, 4.69) is 10.6 Å². The van der Waals surface area contributed by atoms with Crippen LogP contribution in [0.25, 0.3) is 0 Å². The van der Waals surface area contributed by atoms with Gasteiger partial charge in [0.25, 0.3) is 6.43 Å². The molecule has 0 aromatic heterocycles. The zero-order valence-electron chi connectivity index (χ0n) is 12.3. The summed E-state index contributed by atoms with van der Waals surface area (Å²) in [6.45, 7) is 6.33. The van der Waals surface area contributed by atoms with Crippen molar-refractivity contribution in [1.82, 2.24) is 0 Å². The fourth-order valence-electron chi connectivity index (χ4n) is 1.47. The Morgan fingerprint density at radius 1 is 1.24 bits per heavy atom. The molecule has 1 aromatic carbocycles. The van der Waals surface area contributed by atoms with Crippen LogP contribution in [0.5, 0.6) is 0 Å². The highest BCUT2D eigenvalue weighted by atomic mass is 19.3. The Kier molecular flexibility index (Phi) is 5.46. The lowest BCUT2D eigenvalue weighted by Gasteiger charge is -2.21. The fourth-order valence-corrected chi connectivity index (χ4v) is 1.47. The lowest BCUT2D eigenvalue weighted by Crippen LogP contribution is -2.28. The number of amides is 1. The van der Waals surface area contributed by atoms with Gasteiger partial charge in [-0.25, -0.2) is 18.0 Å². The maximum Gasteiger partial charge on any atom is 0.412 e. The van der Waals surface area contributed by atoms with Gasteiger partial charge < -0.3 is 10.1 Å². The maximum atomic E-state index is 13.2. The number of ether oxygens (including phenoxy) is 1. The van der Waals surface area contributed by atoms with Gasteiger partial charge in [0, 0.05) is 0 Å². The average molecular weight is 304 g/mol. The first-order chi connectivity index (χ1) is 9.58. The van der Waals surface area contributed by atoms with Crippen molar-refractivity contribution >= 4 is 17.5 Å². The van der Waals surface area contributed by atoms with Crippen LogP contribution >= 0.6 is 0 Å². The molecular formula is C14H19F3N2O2. The second-order valence-corrected chi connectivity index (χ2v) is 5.58. The van der Waals surface area contributed by atoms with Crippen molar-refractivity contribution in [3.8, 4) is 0 Å². The molecule has 0 fully saturated rings. The topological polar surface area (TPSA) is 50.4 Å². The summed E-state index contributed by atoms with van der Waals surface area (Å²) in [6.07, 6.45) is -3.37. The summed E-state index contributed by atoms with van der Waals surface area (Å²) in [5.41, 5.74) is -0.472. The number of hydrogen-bond donors (Lipinski definition) is 2. The molecule has 0 saturated heterocycles. The highest BCUT2D eigenvalue weighted by molar-refractivity contribution is 5.89. The molecule has 0 spiro atoms. The summed E-state index contributed by atoms with van der Waals surface area (Å²) >= 11 is 0. The lowest BCUT2D eigenvalue weighted by atomic mass is 10.2. The van der Waals surface area contributed by atoms with Crippen LogP contribution in [0, 0.1) is 5.82 Å². The summed E-state index contributed by atoms with van der Waals surface area (Å²) in [7, 11) is 0. The first-order valence-corrected chi connectivity index (χ1v) is 6.43. The number of rotatable bonds is 4. The largest absolute Gasteiger partial charge is 0.444 e. The van der Waals surface area contributed by atoms with E-state index >= 15 is 0 Å². The Hall–Kier alpha value is -1.92. The molecule has 0 radical (unpaired) electrons. The summed E-state index contributed by atoms with van der Waals surface area (Å²) in [5, 5.41) is 4.86. The van der Waals surface area contributed by atoms with E-state index in [1.165, 1.54) is 13.0 Å². The number of hydrogen-bond acceptors (Lipinski definition) is 3. The molecule has 0 heterocycles. The van der Waals surface area contributed by atoms with Gasteiger partial charge >= 0.3 is 6.09 Å². The van der Waals surface area contributed by atoms with E-state index in [-0.39, 0.29) is 11.4 Å². The van der Waals surface area contributed by atoms with Gasteiger partial charge in [-0.3, -0.25) is 5.32 Å². The van der Waals surface area contributed by atoms with E-state index in [1.807, 2.05) is 0 Å². The van der Waals surface area contributed by atoms with Gasteiger partial charge in [-0.05, 0) is 45.9 Å². The molecule has 1 amide bonds. The lowest BCUT2D eigenvalue weighted by molar-refractivity contribution is 0.0636. The molecule has 21 heavy (non-hydrogen) atoms. The van der Waals surface area contributed by atoms with Gasteiger partial charge in [-0.2, -0.15) is 0 Å². The first-order valence-electron chi connectivity index (χ1n) is 6.43. The summed E-state index contributed by atoms with van der Waals surface area (Å²) in [4.78, 5) is 11.7. The van der Waals surface area contributed by atoms with Crippen molar-refractivity contribution in [2.24, 2.45) is 0 Å². The molecule has 118 valence electrons. The third-order valence-corrected chi connectivity index (χ3v) is 2.38. The van der Waals surface area contributed by atoms with Crippen LogP contribution in [0.3, 0.4) is 0 Å². The number of carbonyl (C=O) groups is 1. The Bertz CT molecular complexity index is 501. The zero-order valence-corrected chi connectivity index (χ0v) is 12.3. The van der Waals surface area contributed by atoms with Gasteiger partial charge in [-0.1, -0.05) is 0 Å². The highest BCUT2D eigenvalue weighted by Gasteiger charge is 2.19. The van der Waals surface area contributed by atoms with Crippen LogP contribution in [-0.2, 0) is 4.74 Å². The predicted octanol–water partition coefficient (Wildman–Crippen LogP) is 4.24. The van der Waals surface area contributed by atoms with Crippen LogP contribution in [-0.4, -0.2) is 24.2 Å². The van der Waals surface area contributed by atoms with Gasteiger partial charge in [0.2, 0.25) is 0 Å². The molecule has 1 aromatic rings. The van der Waals surface area contributed by atoms with Crippen molar-refractivity contribution in [2.45, 2.75) is 45.8 Å². The maximum absolute atomic E-state index is 13.2. The quantitative estimate of drug-likeness (QED) is 0.875. The van der Waals surface area contributed by atoms with E-state index in [0.717, 1.165) is 12.1 Å². The minimum absolute atomic E-state index is 0.0636. The first kappa shape index (κ1) is 17.1. The highest BCUT2D eigenvalue weighted by Crippen LogP contribution is 2.25. The van der Waals surface area contributed by atoms with E-state index in [1.54, 1.807) is 20.8 Å². The summed E-state index contributed by atoms with van der Waals surface area (Å²) < 4.78 is 43.4. The number of carbonyl (C=O) groups excluding carboxylic acids is 1. The molecule has 1 unspecified atom stereocenters. The minimum atomic E-state index is -2.62. The molecule has 0 bridgehead atoms. The molecule has 4 nitrogen and oxygen atoms in total. The Labute approximate surface area is 121 Å². The van der Waals surface area contributed by atoms with Gasteiger partial charge in [0.1, 0.15) is 11.4 Å². The minimum Gasteiger partial charge on any atom is -0.444 e.